The summed E-state index contributed by atoms with van der Waals surface area (Å²) >= 11 is 0. The van der Waals surface area contributed by atoms with E-state index in [4.69, 9.17) is 9.47 Å². The van der Waals surface area contributed by atoms with Gasteiger partial charge in [-0.15, -0.1) is 5.10 Å². The molecule has 2 aromatic rings. The molecule has 2 rings (SSSR count). The highest BCUT2D eigenvalue weighted by Crippen LogP contribution is 2.29. The van der Waals surface area contributed by atoms with E-state index >= 15 is 0 Å². The molecule has 1 amide bonds. The van der Waals surface area contributed by atoms with E-state index in [9.17, 15) is 4.79 Å². The number of ether oxygens (including phenoxy) is 2. The number of methoxy groups -OCH3 is 2. The summed E-state index contributed by atoms with van der Waals surface area (Å²) in [5.41, 5.74) is 0.864. The van der Waals surface area contributed by atoms with E-state index in [0.29, 0.717) is 11.5 Å². The zero-order valence-corrected chi connectivity index (χ0v) is 12.1. The Hall–Kier alpha value is -2.64. The van der Waals surface area contributed by atoms with E-state index in [1.807, 2.05) is 19.1 Å². The molecule has 1 aromatic heterocycles. The van der Waals surface area contributed by atoms with Gasteiger partial charge in [0.2, 0.25) is 5.91 Å². The molecule has 21 heavy (non-hydrogen) atoms. The minimum atomic E-state index is -0.213. The fourth-order valence-electron chi connectivity index (χ4n) is 1.94. The Morgan fingerprint density at radius 3 is 2.81 bits per heavy atom. The number of aromatic nitrogens is 4. The van der Waals surface area contributed by atoms with Gasteiger partial charge in [0.15, 0.2) is 0 Å². The maximum Gasteiger partial charge on any atom is 0.242 e. The van der Waals surface area contributed by atoms with Crippen LogP contribution in [0.25, 0.3) is 0 Å². The number of carbonyl (C=O) groups excluding carboxylic acids is 1. The van der Waals surface area contributed by atoms with E-state index in [1.165, 1.54) is 11.0 Å². The first-order chi connectivity index (χ1) is 10.1. The van der Waals surface area contributed by atoms with E-state index in [0.717, 1.165) is 5.56 Å². The quantitative estimate of drug-likeness (QED) is 0.836. The minimum absolute atomic E-state index is 0.0653. The summed E-state index contributed by atoms with van der Waals surface area (Å²) in [6.45, 7) is 1.94. The van der Waals surface area contributed by atoms with Crippen molar-refractivity contribution in [3.05, 3.63) is 30.1 Å². The Balaban J connectivity index is 2.05. The van der Waals surface area contributed by atoms with Crippen LogP contribution in [0, 0.1) is 0 Å². The van der Waals surface area contributed by atoms with Crippen LogP contribution in [-0.2, 0) is 11.3 Å². The van der Waals surface area contributed by atoms with Crippen LogP contribution in [0.4, 0.5) is 0 Å². The lowest BCUT2D eigenvalue weighted by molar-refractivity contribution is -0.122. The van der Waals surface area contributed by atoms with E-state index < -0.39 is 0 Å². The molecule has 1 N–H and O–H groups in total. The highest BCUT2D eigenvalue weighted by atomic mass is 16.5. The van der Waals surface area contributed by atoms with Crippen molar-refractivity contribution in [1.82, 2.24) is 25.5 Å². The number of nitrogens with zero attached hydrogens (tertiary/aromatic N) is 4. The van der Waals surface area contributed by atoms with E-state index in [-0.39, 0.29) is 18.5 Å². The van der Waals surface area contributed by atoms with Crippen LogP contribution in [0.5, 0.6) is 11.5 Å². The summed E-state index contributed by atoms with van der Waals surface area (Å²) in [6.07, 6.45) is 1.39. The second-order valence-electron chi connectivity index (χ2n) is 4.40. The topological polar surface area (TPSA) is 91.2 Å². The first kappa shape index (κ1) is 14.8. The standard InChI is InChI=1S/C13H17N5O3/c1-9(15-13(19)7-18-8-14-16-17-18)11-5-4-10(20-2)6-12(11)21-3/h4-6,8-9H,7H2,1-3H3,(H,15,19)/t9-/m1/s1. The van der Waals surface area contributed by atoms with Crippen molar-refractivity contribution in [2.24, 2.45) is 0 Å². The number of hydrogen-bond acceptors (Lipinski definition) is 6. The van der Waals surface area contributed by atoms with Crippen LogP contribution in [0.1, 0.15) is 18.5 Å². The van der Waals surface area contributed by atoms with Crippen LogP contribution < -0.4 is 14.8 Å². The SMILES string of the molecule is COc1ccc([C@@H](C)NC(=O)Cn2cnnn2)c(OC)c1. The highest BCUT2D eigenvalue weighted by Gasteiger charge is 2.15. The smallest absolute Gasteiger partial charge is 0.242 e. The maximum absolute atomic E-state index is 11.9. The molecule has 112 valence electrons. The van der Waals surface area contributed by atoms with Crippen molar-refractivity contribution < 1.29 is 14.3 Å². The molecule has 8 heteroatoms. The summed E-state index contributed by atoms with van der Waals surface area (Å²) in [5, 5.41) is 13.5. The maximum atomic E-state index is 11.9. The Kier molecular flexibility index (Phi) is 4.70. The Bertz CT molecular complexity index is 600. The highest BCUT2D eigenvalue weighted by molar-refractivity contribution is 5.76. The Morgan fingerprint density at radius 1 is 1.38 bits per heavy atom. The largest absolute Gasteiger partial charge is 0.497 e. The molecule has 1 aromatic carbocycles. The normalized spacial score (nSPS) is 11.8. The van der Waals surface area contributed by atoms with Gasteiger partial charge in [-0.25, -0.2) is 4.68 Å². The van der Waals surface area contributed by atoms with Gasteiger partial charge in [-0.05, 0) is 29.5 Å². The van der Waals surface area contributed by atoms with Crippen LogP contribution in [0.15, 0.2) is 24.5 Å². The van der Waals surface area contributed by atoms with Gasteiger partial charge in [0.25, 0.3) is 0 Å². The molecule has 8 nitrogen and oxygen atoms in total. The predicted octanol–water partition coefficient (Wildman–Crippen LogP) is 0.568. The molecule has 0 unspecified atom stereocenters. The van der Waals surface area contributed by atoms with Crippen molar-refractivity contribution in [2.75, 3.05) is 14.2 Å². The van der Waals surface area contributed by atoms with Gasteiger partial charge in [-0.2, -0.15) is 0 Å². The van der Waals surface area contributed by atoms with Gasteiger partial charge >= 0.3 is 0 Å². The Labute approximate surface area is 122 Å². The molecule has 1 atom stereocenters. The molecule has 0 aliphatic heterocycles. The van der Waals surface area contributed by atoms with Crippen LogP contribution in [0.2, 0.25) is 0 Å². The first-order valence-electron chi connectivity index (χ1n) is 6.36. The summed E-state index contributed by atoms with van der Waals surface area (Å²) < 4.78 is 11.8. The molecule has 0 aliphatic rings. The molecular weight excluding hydrogens is 274 g/mol. The lowest BCUT2D eigenvalue weighted by atomic mass is 10.1. The molecule has 0 fully saturated rings. The molecule has 0 radical (unpaired) electrons. The van der Waals surface area contributed by atoms with Crippen LogP contribution >= 0.6 is 0 Å². The Morgan fingerprint density at radius 2 is 2.19 bits per heavy atom. The van der Waals surface area contributed by atoms with E-state index in [1.54, 1.807) is 20.3 Å². The second kappa shape index (κ2) is 6.69. The predicted molar refractivity (Wildman–Crippen MR) is 73.9 cm³/mol. The molecule has 0 spiro atoms. The fraction of sp³-hybridized carbons (Fsp3) is 0.385. The van der Waals surface area contributed by atoms with Gasteiger partial charge in [0.05, 0.1) is 20.3 Å². The lowest BCUT2D eigenvalue weighted by Gasteiger charge is -2.18. The van der Waals surface area contributed by atoms with Gasteiger partial charge in [0, 0.05) is 11.6 Å². The third-order valence-corrected chi connectivity index (χ3v) is 2.98. The number of hydrogen-bond donors (Lipinski definition) is 1. The van der Waals surface area contributed by atoms with Gasteiger partial charge in [0.1, 0.15) is 24.4 Å². The third kappa shape index (κ3) is 3.68. The average molecular weight is 291 g/mol. The van der Waals surface area contributed by atoms with Gasteiger partial charge < -0.3 is 14.8 Å². The average Bonchev–Trinajstić information content (AvgIpc) is 2.99. The zero-order valence-electron chi connectivity index (χ0n) is 12.1. The summed E-state index contributed by atoms with van der Waals surface area (Å²) in [6, 6.07) is 5.25. The summed E-state index contributed by atoms with van der Waals surface area (Å²) in [7, 11) is 3.17. The molecular formula is C13H17N5O3. The summed E-state index contributed by atoms with van der Waals surface area (Å²) in [5.74, 6) is 1.17. The molecule has 0 saturated carbocycles. The molecule has 0 aliphatic carbocycles. The first-order valence-corrected chi connectivity index (χ1v) is 6.36. The van der Waals surface area contributed by atoms with Crippen LogP contribution in [0.3, 0.4) is 0 Å². The fourth-order valence-corrected chi connectivity index (χ4v) is 1.94. The van der Waals surface area contributed by atoms with Crippen molar-refractivity contribution in [2.45, 2.75) is 19.5 Å². The number of carbonyl (C=O) groups is 1. The summed E-state index contributed by atoms with van der Waals surface area (Å²) in [4.78, 5) is 11.9. The van der Waals surface area contributed by atoms with Crippen molar-refractivity contribution >= 4 is 5.91 Å². The number of benzene rings is 1. The molecule has 1 heterocycles. The van der Waals surface area contributed by atoms with Crippen molar-refractivity contribution in [3.8, 4) is 11.5 Å². The van der Waals surface area contributed by atoms with Crippen molar-refractivity contribution in [1.29, 1.82) is 0 Å². The lowest BCUT2D eigenvalue weighted by Crippen LogP contribution is -2.30. The third-order valence-electron chi connectivity index (χ3n) is 2.98. The number of tetrazole rings is 1. The van der Waals surface area contributed by atoms with Crippen LogP contribution in [-0.4, -0.2) is 40.3 Å². The zero-order chi connectivity index (χ0) is 15.2. The number of rotatable bonds is 6. The van der Waals surface area contributed by atoms with E-state index in [2.05, 4.69) is 20.8 Å². The molecule has 0 saturated heterocycles. The second-order valence-corrected chi connectivity index (χ2v) is 4.40. The van der Waals surface area contributed by atoms with Gasteiger partial charge in [-0.3, -0.25) is 4.79 Å². The van der Waals surface area contributed by atoms with Crippen molar-refractivity contribution in [3.63, 3.8) is 0 Å². The minimum Gasteiger partial charge on any atom is -0.497 e. The molecule has 0 bridgehead atoms. The number of nitrogens with one attached hydrogen (secondary N) is 1. The van der Waals surface area contributed by atoms with Gasteiger partial charge in [-0.1, -0.05) is 0 Å². The number of amides is 1. The monoisotopic (exact) mass is 291 g/mol.